The molecule has 0 radical (unpaired) electrons. The van der Waals surface area contributed by atoms with Crippen LogP contribution in [0.5, 0.6) is 5.75 Å². The summed E-state index contributed by atoms with van der Waals surface area (Å²) in [6.45, 7) is 2.35. The number of thioether (sulfide) groups is 1. The summed E-state index contributed by atoms with van der Waals surface area (Å²) in [4.78, 5) is 17.1. The van der Waals surface area contributed by atoms with Gasteiger partial charge in [0.2, 0.25) is 0 Å². The number of halogens is 3. The minimum absolute atomic E-state index is 0.289. The van der Waals surface area contributed by atoms with Gasteiger partial charge in [0.05, 0.1) is 20.6 Å². The fourth-order valence-corrected chi connectivity index (χ4v) is 4.36. The summed E-state index contributed by atoms with van der Waals surface area (Å²) in [5.74, 6) is -0.251. The lowest BCUT2D eigenvalue weighted by Gasteiger charge is -2.11. The number of hydrogen-bond donors (Lipinski definition) is 1. The number of carbonyl (C=O) groups is 1. The number of rotatable bonds is 5. The number of ether oxygens (including phenoxy) is 1. The highest BCUT2D eigenvalue weighted by molar-refractivity contribution is 8.18. The molecule has 32 heavy (non-hydrogen) atoms. The van der Waals surface area contributed by atoms with E-state index >= 15 is 0 Å². The van der Waals surface area contributed by atoms with Gasteiger partial charge in [-0.25, -0.2) is 9.38 Å². The molecule has 8 heteroatoms. The summed E-state index contributed by atoms with van der Waals surface area (Å²) in [7, 11) is 0. The van der Waals surface area contributed by atoms with E-state index in [1.807, 2.05) is 31.2 Å². The first kappa shape index (κ1) is 22.4. The zero-order valence-corrected chi connectivity index (χ0v) is 19.2. The molecule has 0 atom stereocenters. The largest absolute Gasteiger partial charge is 0.486 e. The highest BCUT2D eigenvalue weighted by Crippen LogP contribution is 2.36. The summed E-state index contributed by atoms with van der Waals surface area (Å²) in [6, 6.07) is 17.0. The van der Waals surface area contributed by atoms with Crippen LogP contribution >= 0.6 is 35.0 Å². The monoisotopic (exact) mass is 486 g/mol. The quantitative estimate of drug-likeness (QED) is 0.398. The van der Waals surface area contributed by atoms with Crippen molar-refractivity contribution in [2.24, 2.45) is 4.99 Å². The lowest BCUT2D eigenvalue weighted by molar-refractivity contribution is -0.115. The van der Waals surface area contributed by atoms with Crippen LogP contribution in [0.1, 0.15) is 16.7 Å². The van der Waals surface area contributed by atoms with Crippen LogP contribution in [-0.4, -0.2) is 11.1 Å². The zero-order valence-electron chi connectivity index (χ0n) is 16.9. The molecule has 1 N–H and O–H groups in total. The standard InChI is InChI=1S/C24H17Cl2FN2O2S/c1-14-2-4-15(5-3-14)13-31-22-19(25)10-16(11-20(22)26)12-21-23(30)29-24(32-21)28-18-8-6-17(27)7-9-18/h2-12H,13H2,1H3,(H,28,29,30)/b21-12+. The summed E-state index contributed by atoms with van der Waals surface area (Å²) in [5, 5.41) is 3.79. The van der Waals surface area contributed by atoms with Crippen LogP contribution in [0.15, 0.2) is 70.6 Å². The van der Waals surface area contributed by atoms with Crippen LogP contribution < -0.4 is 10.1 Å². The zero-order chi connectivity index (χ0) is 22.7. The van der Waals surface area contributed by atoms with Crippen molar-refractivity contribution in [1.82, 2.24) is 5.32 Å². The number of aliphatic imine (C=N–C) groups is 1. The van der Waals surface area contributed by atoms with Gasteiger partial charge in [-0.15, -0.1) is 0 Å². The van der Waals surface area contributed by atoms with Gasteiger partial charge in [0.1, 0.15) is 12.4 Å². The molecule has 0 aliphatic carbocycles. The van der Waals surface area contributed by atoms with Crippen molar-refractivity contribution in [2.45, 2.75) is 13.5 Å². The van der Waals surface area contributed by atoms with E-state index < -0.39 is 0 Å². The van der Waals surface area contributed by atoms with Crippen molar-refractivity contribution in [3.63, 3.8) is 0 Å². The molecule has 1 aliphatic heterocycles. The van der Waals surface area contributed by atoms with Gasteiger partial charge in [-0.1, -0.05) is 53.0 Å². The third kappa shape index (κ3) is 5.51. The fraction of sp³-hybridized carbons (Fsp3) is 0.0833. The van der Waals surface area contributed by atoms with Crippen LogP contribution in [0.4, 0.5) is 10.1 Å². The van der Waals surface area contributed by atoms with Gasteiger partial charge in [-0.2, -0.15) is 0 Å². The number of amidine groups is 1. The molecule has 4 rings (SSSR count). The molecular formula is C24H17Cl2FN2O2S. The van der Waals surface area contributed by atoms with Gasteiger partial charge in [0.15, 0.2) is 10.9 Å². The number of nitrogens with one attached hydrogen (secondary N) is 1. The normalized spacial score (nSPS) is 15.9. The third-order valence-electron chi connectivity index (χ3n) is 4.53. The SMILES string of the molecule is Cc1ccc(COc2c(Cl)cc(/C=C3/SC(=Nc4ccc(F)cc4)NC3=O)cc2Cl)cc1. The maximum atomic E-state index is 13.0. The minimum Gasteiger partial charge on any atom is -0.486 e. The first-order chi connectivity index (χ1) is 15.4. The minimum atomic E-state index is -0.349. The second-order valence-electron chi connectivity index (χ2n) is 7.05. The Labute approximate surface area is 199 Å². The van der Waals surface area contributed by atoms with Gasteiger partial charge in [0, 0.05) is 0 Å². The Morgan fingerprint density at radius 3 is 2.38 bits per heavy atom. The topological polar surface area (TPSA) is 50.7 Å². The Bertz CT molecular complexity index is 1200. The molecule has 1 aliphatic rings. The van der Waals surface area contributed by atoms with Crippen LogP contribution in [-0.2, 0) is 11.4 Å². The molecule has 0 saturated carbocycles. The number of benzene rings is 3. The van der Waals surface area contributed by atoms with E-state index in [1.54, 1.807) is 18.2 Å². The molecule has 162 valence electrons. The molecular weight excluding hydrogens is 470 g/mol. The van der Waals surface area contributed by atoms with Crippen LogP contribution in [0.3, 0.4) is 0 Å². The summed E-state index contributed by atoms with van der Waals surface area (Å²) in [5.41, 5.74) is 3.36. The van der Waals surface area contributed by atoms with Crippen molar-refractivity contribution >= 4 is 57.8 Å². The lowest BCUT2D eigenvalue weighted by Crippen LogP contribution is -2.19. The van der Waals surface area contributed by atoms with E-state index in [-0.39, 0.29) is 11.7 Å². The van der Waals surface area contributed by atoms with E-state index in [0.29, 0.717) is 43.7 Å². The Morgan fingerprint density at radius 2 is 1.72 bits per heavy atom. The number of nitrogens with zero attached hydrogens (tertiary/aromatic N) is 1. The molecule has 0 unspecified atom stereocenters. The van der Waals surface area contributed by atoms with Gasteiger partial charge in [-0.05, 0) is 72.3 Å². The predicted molar refractivity (Wildman–Crippen MR) is 129 cm³/mol. The third-order valence-corrected chi connectivity index (χ3v) is 6.00. The van der Waals surface area contributed by atoms with Gasteiger partial charge in [0.25, 0.3) is 5.91 Å². The molecule has 1 fully saturated rings. The maximum absolute atomic E-state index is 13.0. The average Bonchev–Trinajstić information content (AvgIpc) is 3.09. The molecule has 4 nitrogen and oxygen atoms in total. The van der Waals surface area contributed by atoms with Crippen molar-refractivity contribution in [3.8, 4) is 5.75 Å². The van der Waals surface area contributed by atoms with E-state index in [9.17, 15) is 9.18 Å². The van der Waals surface area contributed by atoms with Crippen molar-refractivity contribution in [2.75, 3.05) is 0 Å². The second-order valence-corrected chi connectivity index (χ2v) is 8.89. The van der Waals surface area contributed by atoms with Crippen LogP contribution in [0.25, 0.3) is 6.08 Å². The van der Waals surface area contributed by atoms with Crippen LogP contribution in [0.2, 0.25) is 10.0 Å². The molecule has 1 saturated heterocycles. The maximum Gasteiger partial charge on any atom is 0.264 e. The number of aryl methyl sites for hydroxylation is 1. The molecule has 1 heterocycles. The predicted octanol–water partition coefficient (Wildman–Crippen LogP) is 6.91. The van der Waals surface area contributed by atoms with E-state index in [2.05, 4.69) is 10.3 Å². The first-order valence-corrected chi connectivity index (χ1v) is 11.2. The molecule has 0 aromatic heterocycles. The van der Waals surface area contributed by atoms with Gasteiger partial charge < -0.3 is 10.1 Å². The molecule has 0 spiro atoms. The van der Waals surface area contributed by atoms with Crippen LogP contribution in [0, 0.1) is 12.7 Å². The molecule has 3 aromatic carbocycles. The summed E-state index contributed by atoms with van der Waals surface area (Å²) >= 11 is 14.0. The highest BCUT2D eigenvalue weighted by Gasteiger charge is 2.24. The molecule has 1 amide bonds. The highest BCUT2D eigenvalue weighted by atomic mass is 35.5. The van der Waals surface area contributed by atoms with Gasteiger partial charge >= 0.3 is 0 Å². The van der Waals surface area contributed by atoms with Gasteiger partial charge in [-0.3, -0.25) is 4.79 Å². The Balaban J connectivity index is 1.49. The van der Waals surface area contributed by atoms with Crippen molar-refractivity contribution in [3.05, 3.63) is 98.1 Å². The number of carbonyl (C=O) groups excluding carboxylic acids is 1. The molecule has 3 aromatic rings. The Hall–Kier alpha value is -2.80. The smallest absolute Gasteiger partial charge is 0.264 e. The summed E-state index contributed by atoms with van der Waals surface area (Å²) in [6.07, 6.45) is 1.68. The lowest BCUT2D eigenvalue weighted by atomic mass is 10.1. The van der Waals surface area contributed by atoms with E-state index in [0.717, 1.165) is 5.56 Å². The van der Waals surface area contributed by atoms with Crippen molar-refractivity contribution < 1.29 is 13.9 Å². The Kier molecular flexibility index (Phi) is 6.84. The number of amides is 1. The average molecular weight is 487 g/mol. The van der Waals surface area contributed by atoms with E-state index in [1.165, 1.54) is 41.6 Å². The number of hydrogen-bond acceptors (Lipinski definition) is 4. The second kappa shape index (κ2) is 9.77. The first-order valence-electron chi connectivity index (χ1n) is 9.60. The Morgan fingerprint density at radius 1 is 1.06 bits per heavy atom. The molecule has 0 bridgehead atoms. The van der Waals surface area contributed by atoms with Crippen molar-refractivity contribution in [1.29, 1.82) is 0 Å². The fourth-order valence-electron chi connectivity index (χ4n) is 2.91. The summed E-state index contributed by atoms with van der Waals surface area (Å²) < 4.78 is 18.9. The van der Waals surface area contributed by atoms with E-state index in [4.69, 9.17) is 27.9 Å².